The number of sulfonamides is 1. The molecule has 2 aliphatic rings. The molecule has 2 aliphatic carbocycles. The van der Waals surface area contributed by atoms with Crippen LogP contribution in [0.15, 0.2) is 23.1 Å². The van der Waals surface area contributed by atoms with Gasteiger partial charge >= 0.3 is 0 Å². The standard InChI is InChI=1S/C23H32N4O3S/c1-15-20(16(2)27(3)26-15)12-13-24-31(29,30)19-10-8-17-9-11-22(21(17)14-19)25-23(28)18-6-4-5-7-18/h8,10,14,18,22,24H,4-7,9,11-13H2,1-3H3,(H,25,28)/t22-/m0/s1. The Bertz CT molecular complexity index is 1080. The van der Waals surface area contributed by atoms with E-state index in [1.807, 2.05) is 31.6 Å². The number of hydrogen-bond acceptors (Lipinski definition) is 4. The summed E-state index contributed by atoms with van der Waals surface area (Å²) >= 11 is 0. The molecular weight excluding hydrogens is 412 g/mol. The Kier molecular flexibility index (Phi) is 6.21. The van der Waals surface area contributed by atoms with Crippen LogP contribution in [-0.2, 0) is 34.7 Å². The van der Waals surface area contributed by atoms with Crippen molar-refractivity contribution in [1.29, 1.82) is 0 Å². The summed E-state index contributed by atoms with van der Waals surface area (Å²) < 4.78 is 30.4. The Labute approximate surface area is 184 Å². The fourth-order valence-corrected chi connectivity index (χ4v) is 6.01. The van der Waals surface area contributed by atoms with Crippen molar-refractivity contribution in [1.82, 2.24) is 19.8 Å². The molecule has 1 amide bonds. The summed E-state index contributed by atoms with van der Waals surface area (Å²) in [7, 11) is -1.74. The van der Waals surface area contributed by atoms with Crippen molar-refractivity contribution in [3.05, 3.63) is 46.3 Å². The molecule has 8 heteroatoms. The lowest BCUT2D eigenvalue weighted by molar-refractivity contribution is -0.125. The maximum absolute atomic E-state index is 12.9. The third-order valence-corrected chi connectivity index (χ3v) is 8.33. The largest absolute Gasteiger partial charge is 0.349 e. The minimum atomic E-state index is -3.63. The predicted octanol–water partition coefficient (Wildman–Crippen LogP) is 2.85. The van der Waals surface area contributed by atoms with Crippen molar-refractivity contribution in [2.75, 3.05) is 6.54 Å². The summed E-state index contributed by atoms with van der Waals surface area (Å²) in [6.45, 7) is 4.25. The number of benzene rings is 1. The fourth-order valence-electron chi connectivity index (χ4n) is 4.95. The maximum Gasteiger partial charge on any atom is 0.240 e. The first kappa shape index (κ1) is 22.0. The van der Waals surface area contributed by atoms with Crippen LogP contribution in [0.5, 0.6) is 0 Å². The van der Waals surface area contributed by atoms with E-state index in [1.165, 1.54) is 0 Å². The van der Waals surface area contributed by atoms with Crippen LogP contribution in [0.25, 0.3) is 0 Å². The van der Waals surface area contributed by atoms with Gasteiger partial charge in [0.25, 0.3) is 0 Å². The van der Waals surface area contributed by atoms with Gasteiger partial charge in [0.15, 0.2) is 0 Å². The number of carbonyl (C=O) groups is 1. The van der Waals surface area contributed by atoms with Crippen molar-refractivity contribution in [3.63, 3.8) is 0 Å². The molecule has 0 saturated heterocycles. The quantitative estimate of drug-likeness (QED) is 0.687. The Morgan fingerprint density at radius 3 is 2.61 bits per heavy atom. The molecule has 0 spiro atoms. The van der Waals surface area contributed by atoms with Crippen molar-refractivity contribution in [2.24, 2.45) is 13.0 Å². The highest BCUT2D eigenvalue weighted by molar-refractivity contribution is 7.89. The van der Waals surface area contributed by atoms with E-state index in [4.69, 9.17) is 0 Å². The van der Waals surface area contributed by atoms with Crippen LogP contribution in [0, 0.1) is 19.8 Å². The smallest absolute Gasteiger partial charge is 0.240 e. The summed E-state index contributed by atoms with van der Waals surface area (Å²) in [6, 6.07) is 5.20. The molecule has 0 aliphatic heterocycles. The Balaban J connectivity index is 1.44. The Hall–Kier alpha value is -2.19. The zero-order chi connectivity index (χ0) is 22.2. The summed E-state index contributed by atoms with van der Waals surface area (Å²) in [5, 5.41) is 7.56. The highest BCUT2D eigenvalue weighted by atomic mass is 32.2. The van der Waals surface area contributed by atoms with E-state index in [0.29, 0.717) is 13.0 Å². The minimum absolute atomic E-state index is 0.0982. The molecule has 4 rings (SSSR count). The summed E-state index contributed by atoms with van der Waals surface area (Å²) in [4.78, 5) is 12.8. The van der Waals surface area contributed by atoms with E-state index in [0.717, 1.165) is 66.6 Å². The summed E-state index contributed by atoms with van der Waals surface area (Å²) in [5.74, 6) is 0.223. The number of carbonyl (C=O) groups excluding carboxylic acids is 1. The molecule has 1 atom stereocenters. The molecule has 2 aromatic rings. The maximum atomic E-state index is 12.9. The third kappa shape index (κ3) is 4.55. The molecule has 1 aromatic heterocycles. The third-order valence-electron chi connectivity index (χ3n) is 6.87. The van der Waals surface area contributed by atoms with Gasteiger partial charge in [-0.05, 0) is 74.8 Å². The zero-order valence-electron chi connectivity index (χ0n) is 18.6. The van der Waals surface area contributed by atoms with Crippen LogP contribution in [-0.4, -0.2) is 30.7 Å². The van der Waals surface area contributed by atoms with Gasteiger partial charge in [0.1, 0.15) is 0 Å². The molecule has 1 aromatic carbocycles. The van der Waals surface area contributed by atoms with Crippen LogP contribution in [0.3, 0.4) is 0 Å². The van der Waals surface area contributed by atoms with Gasteiger partial charge in [-0.2, -0.15) is 5.10 Å². The molecule has 1 saturated carbocycles. The van der Waals surface area contributed by atoms with Gasteiger partial charge in [-0.15, -0.1) is 0 Å². The number of aromatic nitrogens is 2. The number of fused-ring (bicyclic) bond motifs is 1. The van der Waals surface area contributed by atoms with Gasteiger partial charge in [0, 0.05) is 25.2 Å². The lowest BCUT2D eigenvalue weighted by Gasteiger charge is -2.18. The van der Waals surface area contributed by atoms with Gasteiger partial charge in [-0.25, -0.2) is 13.1 Å². The van der Waals surface area contributed by atoms with Gasteiger partial charge in [0.2, 0.25) is 15.9 Å². The molecule has 7 nitrogen and oxygen atoms in total. The van der Waals surface area contributed by atoms with Gasteiger partial charge in [-0.3, -0.25) is 9.48 Å². The van der Waals surface area contributed by atoms with Crippen LogP contribution in [0.2, 0.25) is 0 Å². The number of nitrogens with one attached hydrogen (secondary N) is 2. The lowest BCUT2D eigenvalue weighted by atomic mass is 10.0. The highest BCUT2D eigenvalue weighted by Crippen LogP contribution is 2.34. The summed E-state index contributed by atoms with van der Waals surface area (Å²) in [6.07, 6.45) is 6.43. The second-order valence-corrected chi connectivity index (χ2v) is 10.6. The average molecular weight is 445 g/mol. The highest BCUT2D eigenvalue weighted by Gasteiger charge is 2.30. The number of aryl methyl sites for hydroxylation is 3. The Morgan fingerprint density at radius 1 is 1.19 bits per heavy atom. The topological polar surface area (TPSA) is 93.1 Å². The van der Waals surface area contributed by atoms with Crippen molar-refractivity contribution in [2.45, 2.75) is 69.7 Å². The molecule has 168 valence electrons. The van der Waals surface area contributed by atoms with Gasteiger partial charge in [0.05, 0.1) is 16.6 Å². The predicted molar refractivity (Wildman–Crippen MR) is 119 cm³/mol. The number of rotatable bonds is 7. The molecule has 31 heavy (non-hydrogen) atoms. The second-order valence-electron chi connectivity index (χ2n) is 8.86. The number of amides is 1. The molecule has 0 bridgehead atoms. The van der Waals surface area contributed by atoms with E-state index in [9.17, 15) is 13.2 Å². The van der Waals surface area contributed by atoms with Gasteiger partial charge in [-0.1, -0.05) is 18.9 Å². The molecular formula is C23H32N4O3S. The van der Waals surface area contributed by atoms with Crippen molar-refractivity contribution >= 4 is 15.9 Å². The SMILES string of the molecule is Cc1nn(C)c(C)c1CCNS(=O)(=O)c1ccc2c(c1)[C@@H](NC(=O)C1CCCC1)CC2. The van der Waals surface area contributed by atoms with Crippen molar-refractivity contribution in [3.8, 4) is 0 Å². The molecule has 0 unspecified atom stereocenters. The first-order chi connectivity index (χ1) is 14.8. The first-order valence-corrected chi connectivity index (χ1v) is 12.7. The number of hydrogen-bond donors (Lipinski definition) is 2. The van der Waals surface area contributed by atoms with E-state index in [2.05, 4.69) is 15.1 Å². The second kappa shape index (κ2) is 8.74. The summed E-state index contributed by atoms with van der Waals surface area (Å²) in [5.41, 5.74) is 5.12. The zero-order valence-corrected chi connectivity index (χ0v) is 19.4. The van der Waals surface area contributed by atoms with Crippen LogP contribution < -0.4 is 10.0 Å². The van der Waals surface area contributed by atoms with E-state index < -0.39 is 10.0 Å². The van der Waals surface area contributed by atoms with E-state index in [-0.39, 0.29) is 22.8 Å². The molecule has 1 fully saturated rings. The van der Waals surface area contributed by atoms with Crippen molar-refractivity contribution < 1.29 is 13.2 Å². The molecule has 2 N–H and O–H groups in total. The Morgan fingerprint density at radius 2 is 1.94 bits per heavy atom. The normalized spacial score (nSPS) is 19.0. The van der Waals surface area contributed by atoms with Gasteiger partial charge < -0.3 is 5.32 Å². The van der Waals surface area contributed by atoms with Crippen LogP contribution in [0.4, 0.5) is 0 Å². The monoisotopic (exact) mass is 444 g/mol. The molecule has 1 heterocycles. The molecule has 0 radical (unpaired) electrons. The van der Waals surface area contributed by atoms with Crippen LogP contribution >= 0.6 is 0 Å². The van der Waals surface area contributed by atoms with Crippen LogP contribution in [0.1, 0.15) is 66.2 Å². The lowest BCUT2D eigenvalue weighted by Crippen LogP contribution is -2.32. The fraction of sp³-hybridized carbons (Fsp3) is 0.565. The van der Waals surface area contributed by atoms with E-state index in [1.54, 1.807) is 12.1 Å². The first-order valence-electron chi connectivity index (χ1n) is 11.2. The minimum Gasteiger partial charge on any atom is -0.349 e. The number of nitrogens with zero attached hydrogens (tertiary/aromatic N) is 2. The average Bonchev–Trinajstić information content (AvgIpc) is 3.45. The van der Waals surface area contributed by atoms with E-state index >= 15 is 0 Å².